The van der Waals surface area contributed by atoms with Gasteiger partial charge in [-0.15, -0.1) is 12.4 Å². The average Bonchev–Trinajstić information content (AvgIpc) is 2.43. The van der Waals surface area contributed by atoms with Gasteiger partial charge in [-0.2, -0.15) is 0 Å². The maximum Gasteiger partial charge on any atom is 0.240 e. The van der Waals surface area contributed by atoms with Crippen molar-refractivity contribution in [2.75, 3.05) is 14.2 Å². The van der Waals surface area contributed by atoms with Crippen molar-refractivity contribution in [1.82, 2.24) is 5.32 Å². The fourth-order valence-electron chi connectivity index (χ4n) is 2.33. The van der Waals surface area contributed by atoms with Gasteiger partial charge in [0.2, 0.25) is 5.91 Å². The van der Waals surface area contributed by atoms with Crippen molar-refractivity contribution in [2.45, 2.75) is 37.8 Å². The number of carbonyl (C=O) groups excluding carboxylic acids is 1. The van der Waals surface area contributed by atoms with E-state index in [0.29, 0.717) is 11.5 Å². The van der Waals surface area contributed by atoms with Crippen LogP contribution < -0.4 is 20.5 Å². The second-order valence-electron chi connectivity index (χ2n) is 5.32. The van der Waals surface area contributed by atoms with Gasteiger partial charge in [-0.1, -0.05) is 6.07 Å². The Morgan fingerprint density at radius 2 is 1.90 bits per heavy atom. The zero-order valence-corrected chi connectivity index (χ0v) is 13.5. The van der Waals surface area contributed by atoms with Gasteiger partial charge >= 0.3 is 0 Å². The standard InChI is InChI=1S/C15H22N2O3.ClH/c1-10(17-14(18)15(16)7-4-8-15)11-5-6-12(19-2)13(9-11)20-3;/h5-6,9-10H,4,7-8,16H2,1-3H3,(H,17,18);1H. The van der Waals surface area contributed by atoms with Crippen LogP contribution >= 0.6 is 12.4 Å². The topological polar surface area (TPSA) is 73.6 Å². The predicted molar refractivity (Wildman–Crippen MR) is 84.1 cm³/mol. The number of benzene rings is 1. The van der Waals surface area contributed by atoms with E-state index < -0.39 is 5.54 Å². The molecule has 2 rings (SSSR count). The summed E-state index contributed by atoms with van der Waals surface area (Å²) in [5, 5.41) is 2.97. The monoisotopic (exact) mass is 314 g/mol. The van der Waals surface area contributed by atoms with Crippen LogP contribution in [0.1, 0.15) is 37.8 Å². The third kappa shape index (κ3) is 3.60. The minimum atomic E-state index is -0.676. The highest BCUT2D eigenvalue weighted by Gasteiger charge is 2.40. The second-order valence-corrected chi connectivity index (χ2v) is 5.32. The van der Waals surface area contributed by atoms with E-state index in [1.54, 1.807) is 14.2 Å². The van der Waals surface area contributed by atoms with E-state index in [2.05, 4.69) is 5.32 Å². The van der Waals surface area contributed by atoms with Crippen molar-refractivity contribution in [1.29, 1.82) is 0 Å². The summed E-state index contributed by atoms with van der Waals surface area (Å²) >= 11 is 0. The Morgan fingerprint density at radius 3 is 2.38 bits per heavy atom. The summed E-state index contributed by atoms with van der Waals surface area (Å²) in [6, 6.07) is 5.49. The molecule has 1 aromatic carbocycles. The minimum Gasteiger partial charge on any atom is -0.493 e. The molecule has 1 atom stereocenters. The van der Waals surface area contributed by atoms with E-state index in [1.807, 2.05) is 25.1 Å². The number of ether oxygens (including phenoxy) is 2. The summed E-state index contributed by atoms with van der Waals surface area (Å²) in [7, 11) is 3.19. The van der Waals surface area contributed by atoms with Crippen LogP contribution in [-0.4, -0.2) is 25.7 Å². The molecule has 0 spiro atoms. The fraction of sp³-hybridized carbons (Fsp3) is 0.533. The summed E-state index contributed by atoms with van der Waals surface area (Å²) in [5.41, 5.74) is 6.30. The summed E-state index contributed by atoms with van der Waals surface area (Å²) in [6.45, 7) is 1.93. The Kier molecular flexibility index (Phi) is 5.87. The molecule has 1 saturated carbocycles. The molecular formula is C15H23ClN2O3. The van der Waals surface area contributed by atoms with Crippen molar-refractivity contribution in [2.24, 2.45) is 5.73 Å². The highest BCUT2D eigenvalue weighted by atomic mass is 35.5. The quantitative estimate of drug-likeness (QED) is 0.873. The molecule has 1 amide bonds. The number of nitrogens with one attached hydrogen (secondary N) is 1. The van der Waals surface area contributed by atoms with Gasteiger partial charge in [0, 0.05) is 0 Å². The molecule has 0 aromatic heterocycles. The van der Waals surface area contributed by atoms with Gasteiger partial charge in [0.1, 0.15) is 0 Å². The van der Waals surface area contributed by atoms with Gasteiger partial charge in [-0.05, 0) is 43.9 Å². The number of rotatable bonds is 5. The molecular weight excluding hydrogens is 292 g/mol. The third-order valence-corrected chi connectivity index (χ3v) is 3.95. The maximum atomic E-state index is 12.1. The lowest BCUT2D eigenvalue weighted by molar-refractivity contribution is -0.129. The van der Waals surface area contributed by atoms with Gasteiger partial charge in [-0.3, -0.25) is 4.79 Å². The molecule has 21 heavy (non-hydrogen) atoms. The number of nitrogens with two attached hydrogens (primary N) is 1. The molecule has 1 fully saturated rings. The molecule has 1 aromatic rings. The van der Waals surface area contributed by atoms with E-state index in [4.69, 9.17) is 15.2 Å². The summed E-state index contributed by atoms with van der Waals surface area (Å²) in [5.74, 6) is 1.24. The number of carbonyl (C=O) groups is 1. The van der Waals surface area contributed by atoms with Gasteiger partial charge in [0.15, 0.2) is 11.5 Å². The lowest BCUT2D eigenvalue weighted by atomic mass is 9.77. The zero-order valence-electron chi connectivity index (χ0n) is 12.6. The van der Waals surface area contributed by atoms with E-state index in [-0.39, 0.29) is 24.4 Å². The Morgan fingerprint density at radius 1 is 1.29 bits per heavy atom. The molecule has 1 aliphatic carbocycles. The van der Waals surface area contributed by atoms with Gasteiger partial charge in [0.05, 0.1) is 25.8 Å². The van der Waals surface area contributed by atoms with Crippen LogP contribution in [0.15, 0.2) is 18.2 Å². The molecule has 6 heteroatoms. The number of hydrogen-bond donors (Lipinski definition) is 2. The van der Waals surface area contributed by atoms with Crippen LogP contribution in [0.4, 0.5) is 0 Å². The molecule has 1 unspecified atom stereocenters. The smallest absolute Gasteiger partial charge is 0.240 e. The molecule has 0 radical (unpaired) electrons. The molecule has 0 heterocycles. The van der Waals surface area contributed by atoms with Crippen molar-refractivity contribution in [3.63, 3.8) is 0 Å². The van der Waals surface area contributed by atoms with Crippen LogP contribution in [-0.2, 0) is 4.79 Å². The number of halogens is 1. The van der Waals surface area contributed by atoms with Crippen LogP contribution in [0.5, 0.6) is 11.5 Å². The van der Waals surface area contributed by atoms with Gasteiger partial charge < -0.3 is 20.5 Å². The van der Waals surface area contributed by atoms with Crippen molar-refractivity contribution >= 4 is 18.3 Å². The first-order valence-electron chi connectivity index (χ1n) is 6.82. The van der Waals surface area contributed by atoms with E-state index in [9.17, 15) is 4.79 Å². The van der Waals surface area contributed by atoms with Crippen LogP contribution in [0.25, 0.3) is 0 Å². The second kappa shape index (κ2) is 7.00. The average molecular weight is 315 g/mol. The Balaban J connectivity index is 0.00000220. The van der Waals surface area contributed by atoms with Gasteiger partial charge in [0.25, 0.3) is 0 Å². The molecule has 3 N–H and O–H groups in total. The van der Waals surface area contributed by atoms with Crippen molar-refractivity contribution < 1.29 is 14.3 Å². The lowest BCUT2D eigenvalue weighted by Gasteiger charge is -2.37. The zero-order chi connectivity index (χ0) is 14.8. The van der Waals surface area contributed by atoms with Crippen molar-refractivity contribution in [3.05, 3.63) is 23.8 Å². The maximum absolute atomic E-state index is 12.1. The Bertz CT molecular complexity index is 504. The molecule has 118 valence electrons. The first kappa shape index (κ1) is 17.6. The molecule has 1 aliphatic rings. The Labute approximate surface area is 131 Å². The highest BCUT2D eigenvalue weighted by molar-refractivity contribution is 5.87. The lowest BCUT2D eigenvalue weighted by Crippen LogP contribution is -2.58. The fourth-order valence-corrected chi connectivity index (χ4v) is 2.33. The summed E-state index contributed by atoms with van der Waals surface area (Å²) < 4.78 is 10.5. The van der Waals surface area contributed by atoms with E-state index in [1.165, 1.54) is 0 Å². The first-order valence-corrected chi connectivity index (χ1v) is 6.82. The summed E-state index contributed by atoms with van der Waals surface area (Å²) in [4.78, 5) is 12.1. The van der Waals surface area contributed by atoms with E-state index >= 15 is 0 Å². The molecule has 0 bridgehead atoms. The van der Waals surface area contributed by atoms with E-state index in [0.717, 1.165) is 24.8 Å². The number of hydrogen-bond acceptors (Lipinski definition) is 4. The number of amides is 1. The molecule has 0 aliphatic heterocycles. The minimum absolute atomic E-state index is 0. The van der Waals surface area contributed by atoms with Gasteiger partial charge in [-0.25, -0.2) is 0 Å². The third-order valence-electron chi connectivity index (χ3n) is 3.95. The first-order chi connectivity index (χ1) is 9.50. The molecule has 5 nitrogen and oxygen atoms in total. The molecule has 0 saturated heterocycles. The van der Waals surface area contributed by atoms with Crippen LogP contribution in [0, 0.1) is 0 Å². The normalized spacial score (nSPS) is 17.0. The highest BCUT2D eigenvalue weighted by Crippen LogP contribution is 2.32. The SMILES string of the molecule is COc1ccc(C(C)NC(=O)C2(N)CCC2)cc1OC.Cl. The van der Waals surface area contributed by atoms with Crippen LogP contribution in [0.2, 0.25) is 0 Å². The predicted octanol–water partition coefficient (Wildman–Crippen LogP) is 2.18. The largest absolute Gasteiger partial charge is 0.493 e. The summed E-state index contributed by atoms with van der Waals surface area (Å²) in [6.07, 6.45) is 2.55. The van der Waals surface area contributed by atoms with Crippen LogP contribution in [0.3, 0.4) is 0 Å². The Hall–Kier alpha value is -1.46. The number of methoxy groups -OCH3 is 2. The van der Waals surface area contributed by atoms with Crippen molar-refractivity contribution in [3.8, 4) is 11.5 Å².